The Morgan fingerprint density at radius 1 is 1.16 bits per heavy atom. The molecule has 3 aromatic heterocycles. The van der Waals surface area contributed by atoms with Crippen LogP contribution in [0.15, 0.2) is 18.3 Å². The normalized spacial score (nSPS) is 11.5. The number of hydrogen-bond acceptors (Lipinski definition) is 7. The van der Waals surface area contributed by atoms with Crippen molar-refractivity contribution in [2.75, 3.05) is 18.2 Å². The summed E-state index contributed by atoms with van der Waals surface area (Å²) in [7, 11) is 3.38. The molecule has 3 heterocycles. The van der Waals surface area contributed by atoms with Crippen LogP contribution in [0.1, 0.15) is 48.7 Å². The summed E-state index contributed by atoms with van der Waals surface area (Å²) in [5.74, 6) is 0.960. The summed E-state index contributed by atoms with van der Waals surface area (Å²) in [5, 5.41) is 18.3. The molecular formula is C28H33N7O3. The van der Waals surface area contributed by atoms with Gasteiger partial charge in [-0.2, -0.15) is 10.4 Å². The molecule has 10 heteroatoms. The second kappa shape index (κ2) is 9.41. The van der Waals surface area contributed by atoms with Gasteiger partial charge in [-0.15, -0.1) is 0 Å². The van der Waals surface area contributed by atoms with Crippen molar-refractivity contribution in [3.63, 3.8) is 0 Å². The van der Waals surface area contributed by atoms with Gasteiger partial charge in [-0.1, -0.05) is 6.07 Å². The summed E-state index contributed by atoms with van der Waals surface area (Å²) in [4.78, 5) is 17.6. The molecule has 0 saturated carbocycles. The molecule has 10 nitrogen and oxygen atoms in total. The van der Waals surface area contributed by atoms with Crippen LogP contribution in [0.3, 0.4) is 0 Å². The highest BCUT2D eigenvalue weighted by Crippen LogP contribution is 2.43. The van der Waals surface area contributed by atoms with Crippen molar-refractivity contribution in [1.82, 2.24) is 19.3 Å². The van der Waals surface area contributed by atoms with Crippen molar-refractivity contribution in [2.45, 2.75) is 54.1 Å². The van der Waals surface area contributed by atoms with Crippen molar-refractivity contribution in [3.05, 3.63) is 46.3 Å². The molecule has 0 atom stereocenters. The number of nitrogen functional groups attached to an aromatic ring is 1. The van der Waals surface area contributed by atoms with Crippen LogP contribution < -0.4 is 15.8 Å². The lowest BCUT2D eigenvalue weighted by Crippen LogP contribution is -2.27. The van der Waals surface area contributed by atoms with Crippen LogP contribution >= 0.6 is 0 Å². The van der Waals surface area contributed by atoms with Gasteiger partial charge >= 0.3 is 6.09 Å². The fraction of sp³-hybridized carbons (Fsp3) is 0.357. The molecule has 1 aromatic carbocycles. The van der Waals surface area contributed by atoms with E-state index >= 15 is 0 Å². The number of nitrogens with zero attached hydrogens (tertiary/aromatic N) is 5. The first kappa shape index (κ1) is 26.5. The number of pyridine rings is 1. The number of rotatable bonds is 4. The molecule has 0 spiro atoms. The highest BCUT2D eigenvalue weighted by molar-refractivity contribution is 6.06. The predicted molar refractivity (Wildman–Crippen MR) is 148 cm³/mol. The van der Waals surface area contributed by atoms with E-state index in [1.807, 2.05) is 39.8 Å². The Morgan fingerprint density at radius 2 is 1.84 bits per heavy atom. The summed E-state index contributed by atoms with van der Waals surface area (Å²) in [6.07, 6.45) is 1.09. The largest absolute Gasteiger partial charge is 0.496 e. The van der Waals surface area contributed by atoms with Gasteiger partial charge in [0.1, 0.15) is 40.1 Å². The Bertz CT molecular complexity index is 1630. The van der Waals surface area contributed by atoms with Crippen molar-refractivity contribution < 1.29 is 14.3 Å². The van der Waals surface area contributed by atoms with Crippen molar-refractivity contribution in [1.29, 1.82) is 5.26 Å². The number of aromatic nitrogens is 4. The van der Waals surface area contributed by atoms with Crippen molar-refractivity contribution in [3.8, 4) is 28.8 Å². The van der Waals surface area contributed by atoms with E-state index in [9.17, 15) is 10.1 Å². The zero-order valence-electron chi connectivity index (χ0n) is 23.3. The van der Waals surface area contributed by atoms with Crippen molar-refractivity contribution in [2.24, 2.45) is 7.05 Å². The smallest absolute Gasteiger partial charge is 0.412 e. The van der Waals surface area contributed by atoms with E-state index in [2.05, 4.69) is 16.5 Å². The summed E-state index contributed by atoms with van der Waals surface area (Å²) in [5.41, 5.74) is 12.6. The van der Waals surface area contributed by atoms with Gasteiger partial charge in [-0.25, -0.2) is 9.78 Å². The van der Waals surface area contributed by atoms with Crippen LogP contribution in [-0.2, 0) is 11.8 Å². The van der Waals surface area contributed by atoms with E-state index in [0.717, 1.165) is 28.1 Å². The highest BCUT2D eigenvalue weighted by atomic mass is 16.6. The van der Waals surface area contributed by atoms with Gasteiger partial charge in [0.15, 0.2) is 0 Å². The van der Waals surface area contributed by atoms with Gasteiger partial charge in [0, 0.05) is 35.5 Å². The number of hydrogen-bond donors (Lipinski definition) is 2. The highest BCUT2D eigenvalue weighted by Gasteiger charge is 2.28. The Labute approximate surface area is 222 Å². The third-order valence-corrected chi connectivity index (χ3v) is 6.46. The number of methoxy groups -OCH3 is 1. The molecule has 4 aromatic rings. The fourth-order valence-corrected chi connectivity index (χ4v) is 4.73. The zero-order chi connectivity index (χ0) is 28.1. The number of benzene rings is 1. The summed E-state index contributed by atoms with van der Waals surface area (Å²) >= 11 is 0. The molecule has 0 aliphatic carbocycles. The van der Waals surface area contributed by atoms with Crippen LogP contribution in [0, 0.1) is 39.0 Å². The number of nitriles is 1. The number of ether oxygens (including phenoxy) is 2. The molecule has 4 rings (SSSR count). The quantitative estimate of drug-likeness (QED) is 0.368. The van der Waals surface area contributed by atoms with E-state index < -0.39 is 11.7 Å². The first-order valence-corrected chi connectivity index (χ1v) is 12.2. The third-order valence-electron chi connectivity index (χ3n) is 6.46. The lowest BCUT2D eigenvalue weighted by atomic mass is 9.98. The molecule has 0 bridgehead atoms. The number of anilines is 2. The maximum absolute atomic E-state index is 12.7. The predicted octanol–water partition coefficient (Wildman–Crippen LogP) is 5.47. The number of nitrogens with one attached hydrogen (secondary N) is 1. The fourth-order valence-electron chi connectivity index (χ4n) is 4.73. The minimum Gasteiger partial charge on any atom is -0.496 e. The number of carbonyl (C=O) groups is 1. The first-order chi connectivity index (χ1) is 17.8. The monoisotopic (exact) mass is 515 g/mol. The topological polar surface area (TPSA) is 133 Å². The SMILES string of the molecule is COc1ccc(C)c(-n2c(N)c(C#N)c3c(-c4nn(C)cc4NC(=O)OC(C)(C)C)c(C)c(C)nc32)c1C. The lowest BCUT2D eigenvalue weighted by Gasteiger charge is -2.20. The Morgan fingerprint density at radius 3 is 2.45 bits per heavy atom. The first-order valence-electron chi connectivity index (χ1n) is 12.2. The van der Waals surface area contributed by atoms with E-state index in [-0.39, 0.29) is 11.4 Å². The molecule has 198 valence electrons. The van der Waals surface area contributed by atoms with Crippen LogP contribution in [0.5, 0.6) is 5.75 Å². The zero-order valence-corrected chi connectivity index (χ0v) is 23.3. The molecule has 0 saturated heterocycles. The molecule has 38 heavy (non-hydrogen) atoms. The second-order valence-corrected chi connectivity index (χ2v) is 10.4. The second-order valence-electron chi connectivity index (χ2n) is 10.4. The molecule has 0 radical (unpaired) electrons. The average Bonchev–Trinajstić information content (AvgIpc) is 3.29. The van der Waals surface area contributed by atoms with Crippen LogP contribution in [0.2, 0.25) is 0 Å². The van der Waals surface area contributed by atoms with Gasteiger partial charge in [0.2, 0.25) is 0 Å². The molecule has 3 N–H and O–H groups in total. The number of carbonyl (C=O) groups excluding carboxylic acids is 1. The molecule has 0 fully saturated rings. The van der Waals surface area contributed by atoms with Crippen molar-refractivity contribution >= 4 is 28.6 Å². The standard InChI is InChI=1S/C28H33N7O3/c1-14-10-11-20(37-9)16(3)24(14)35-25(30)18(12-29)22-21(15(2)17(4)31-26(22)35)23-19(13-34(8)33-23)32-27(36)38-28(5,6)7/h10-11,13H,30H2,1-9H3,(H,32,36). The third kappa shape index (κ3) is 4.41. The number of amides is 1. The minimum atomic E-state index is -0.672. The van der Waals surface area contributed by atoms with E-state index in [1.54, 1.807) is 50.4 Å². The van der Waals surface area contributed by atoms with E-state index in [0.29, 0.717) is 33.7 Å². The Kier molecular flexibility index (Phi) is 6.57. The maximum atomic E-state index is 12.7. The lowest BCUT2D eigenvalue weighted by molar-refractivity contribution is 0.0636. The Hall–Kier alpha value is -4.52. The summed E-state index contributed by atoms with van der Waals surface area (Å²) < 4.78 is 14.4. The average molecular weight is 516 g/mol. The van der Waals surface area contributed by atoms with E-state index in [4.69, 9.17) is 20.2 Å². The summed E-state index contributed by atoms with van der Waals surface area (Å²) in [6, 6.07) is 6.13. The molecular weight excluding hydrogens is 482 g/mol. The molecule has 0 aliphatic rings. The van der Waals surface area contributed by atoms with Gasteiger partial charge in [0.25, 0.3) is 0 Å². The van der Waals surface area contributed by atoms with Gasteiger partial charge < -0.3 is 15.2 Å². The van der Waals surface area contributed by atoms with Gasteiger partial charge in [-0.05, 0) is 65.7 Å². The van der Waals surface area contributed by atoms with Crippen LogP contribution in [-0.4, -0.2) is 38.1 Å². The van der Waals surface area contributed by atoms with Gasteiger partial charge in [-0.3, -0.25) is 14.6 Å². The molecule has 1 amide bonds. The van der Waals surface area contributed by atoms with Crippen LogP contribution in [0.25, 0.3) is 28.0 Å². The molecule has 0 unspecified atom stereocenters. The van der Waals surface area contributed by atoms with Crippen LogP contribution in [0.4, 0.5) is 16.3 Å². The maximum Gasteiger partial charge on any atom is 0.412 e. The number of aryl methyl sites for hydroxylation is 3. The molecule has 0 aliphatic heterocycles. The van der Waals surface area contributed by atoms with E-state index in [1.165, 1.54) is 0 Å². The Balaban J connectivity index is 2.08. The minimum absolute atomic E-state index is 0.262. The van der Waals surface area contributed by atoms with Gasteiger partial charge in [0.05, 0.1) is 18.5 Å². The number of fused-ring (bicyclic) bond motifs is 1. The number of nitrogens with two attached hydrogens (primary N) is 1. The summed E-state index contributed by atoms with van der Waals surface area (Å²) in [6.45, 7) is 13.1.